The van der Waals surface area contributed by atoms with Gasteiger partial charge in [-0.25, -0.2) is 9.97 Å². The summed E-state index contributed by atoms with van der Waals surface area (Å²) in [4.78, 5) is 10.9. The minimum absolute atomic E-state index is 0.598. The lowest BCUT2D eigenvalue weighted by Crippen LogP contribution is -3.13. The number of nitriles is 1. The van der Waals surface area contributed by atoms with Gasteiger partial charge in [-0.05, 0) is 50.5 Å². The van der Waals surface area contributed by atoms with Crippen LogP contribution in [0.1, 0.15) is 30.5 Å². The van der Waals surface area contributed by atoms with Gasteiger partial charge < -0.3 is 9.64 Å². The maximum Gasteiger partial charge on any atom is 0.160 e. The fraction of sp³-hybridized carbons (Fsp3) is 0.450. The lowest BCUT2D eigenvalue weighted by atomic mass is 10.1. The normalized spacial score (nSPS) is 14.8. The van der Waals surface area contributed by atoms with Crippen molar-refractivity contribution in [3.05, 3.63) is 35.5 Å². The Hall–Kier alpha value is -2.10. The van der Waals surface area contributed by atoms with Crippen molar-refractivity contribution in [2.45, 2.75) is 31.2 Å². The van der Waals surface area contributed by atoms with Crippen molar-refractivity contribution in [3.63, 3.8) is 0 Å². The van der Waals surface area contributed by atoms with E-state index in [2.05, 4.69) is 11.1 Å². The van der Waals surface area contributed by atoms with E-state index >= 15 is 0 Å². The van der Waals surface area contributed by atoms with Gasteiger partial charge in [-0.3, -0.25) is 0 Å². The van der Waals surface area contributed by atoms with Crippen molar-refractivity contribution in [2.75, 3.05) is 32.5 Å². The topological polar surface area (TPSA) is 63.2 Å². The predicted molar refractivity (Wildman–Crippen MR) is 104 cm³/mol. The number of quaternary nitrogens is 1. The lowest BCUT2D eigenvalue weighted by Gasteiger charge is -2.23. The predicted octanol–water partition coefficient (Wildman–Crippen LogP) is 2.49. The summed E-state index contributed by atoms with van der Waals surface area (Å²) in [6, 6.07) is 9.98. The highest BCUT2D eigenvalue weighted by atomic mass is 32.2. The molecule has 2 heterocycles. The van der Waals surface area contributed by atoms with Crippen LogP contribution in [0.2, 0.25) is 0 Å². The monoisotopic (exact) mass is 369 g/mol. The standard InChI is InChI=1S/C20H24N4OS/c1-15-18(14-21)20(26-13-12-24-10-4-3-5-11-24)23-19(22-15)16-6-8-17(25-2)9-7-16/h6-9H,3-5,10-13H2,1-2H3/p+1. The number of piperidine rings is 1. The van der Waals surface area contributed by atoms with Crippen LogP contribution >= 0.6 is 11.8 Å². The Morgan fingerprint density at radius 2 is 1.88 bits per heavy atom. The maximum atomic E-state index is 9.51. The number of thioether (sulfide) groups is 1. The number of aryl methyl sites for hydroxylation is 1. The molecule has 0 amide bonds. The molecule has 0 unspecified atom stereocenters. The number of hydrogen-bond acceptors (Lipinski definition) is 5. The number of aromatic nitrogens is 2. The molecule has 2 aromatic rings. The van der Waals surface area contributed by atoms with E-state index in [-0.39, 0.29) is 0 Å². The van der Waals surface area contributed by atoms with E-state index < -0.39 is 0 Å². The molecule has 0 aliphatic carbocycles. The number of benzene rings is 1. The summed E-state index contributed by atoms with van der Waals surface area (Å²) < 4.78 is 5.21. The zero-order chi connectivity index (χ0) is 18.4. The summed E-state index contributed by atoms with van der Waals surface area (Å²) >= 11 is 1.68. The smallest absolute Gasteiger partial charge is 0.160 e. The Balaban J connectivity index is 1.76. The molecule has 1 fully saturated rings. The first kappa shape index (κ1) is 18.7. The first-order chi connectivity index (χ1) is 12.7. The Labute approximate surface area is 159 Å². The van der Waals surface area contributed by atoms with E-state index in [0.29, 0.717) is 11.4 Å². The average Bonchev–Trinajstić information content (AvgIpc) is 2.68. The first-order valence-corrected chi connectivity index (χ1v) is 10.1. The van der Waals surface area contributed by atoms with Gasteiger partial charge in [0.25, 0.3) is 0 Å². The third kappa shape index (κ3) is 4.54. The highest BCUT2D eigenvalue weighted by molar-refractivity contribution is 7.99. The Bertz CT molecular complexity index is 780. The number of nitrogens with zero attached hydrogens (tertiary/aromatic N) is 3. The molecular formula is C20H25N4OS+. The van der Waals surface area contributed by atoms with Gasteiger partial charge >= 0.3 is 0 Å². The minimum Gasteiger partial charge on any atom is -0.497 e. The second-order valence-electron chi connectivity index (χ2n) is 6.56. The summed E-state index contributed by atoms with van der Waals surface area (Å²) in [5.41, 5.74) is 2.27. The largest absolute Gasteiger partial charge is 0.497 e. The van der Waals surface area contributed by atoms with Crippen LogP contribution in [-0.2, 0) is 0 Å². The van der Waals surface area contributed by atoms with Crippen molar-refractivity contribution < 1.29 is 9.64 Å². The molecule has 1 aromatic heterocycles. The number of ether oxygens (including phenoxy) is 1. The van der Waals surface area contributed by atoms with Crippen LogP contribution in [0.5, 0.6) is 5.75 Å². The molecule has 1 aliphatic heterocycles. The third-order valence-corrected chi connectivity index (χ3v) is 5.75. The number of rotatable bonds is 6. The summed E-state index contributed by atoms with van der Waals surface area (Å²) in [6.07, 6.45) is 4.03. The second-order valence-corrected chi connectivity index (χ2v) is 7.65. The quantitative estimate of drug-likeness (QED) is 0.626. The molecule has 1 aromatic carbocycles. The molecule has 1 aliphatic rings. The van der Waals surface area contributed by atoms with E-state index in [4.69, 9.17) is 9.72 Å². The van der Waals surface area contributed by atoms with E-state index in [9.17, 15) is 5.26 Å². The van der Waals surface area contributed by atoms with E-state index in [1.807, 2.05) is 31.2 Å². The lowest BCUT2D eigenvalue weighted by molar-refractivity contribution is -0.902. The SMILES string of the molecule is COc1ccc(-c2nc(C)c(C#N)c(SCC[NH+]3CCCCC3)n2)cc1. The second kappa shape index (κ2) is 9.02. The average molecular weight is 370 g/mol. The highest BCUT2D eigenvalue weighted by Gasteiger charge is 2.16. The molecule has 6 heteroatoms. The molecule has 5 nitrogen and oxygen atoms in total. The zero-order valence-corrected chi connectivity index (χ0v) is 16.2. The van der Waals surface area contributed by atoms with E-state index in [1.54, 1.807) is 23.8 Å². The van der Waals surface area contributed by atoms with Crippen LogP contribution in [0.3, 0.4) is 0 Å². The van der Waals surface area contributed by atoms with Gasteiger partial charge in [-0.2, -0.15) is 5.26 Å². The van der Waals surface area contributed by atoms with Crippen LogP contribution in [0.4, 0.5) is 0 Å². The zero-order valence-electron chi connectivity index (χ0n) is 15.4. The summed E-state index contributed by atoms with van der Waals surface area (Å²) in [5.74, 6) is 2.44. The fourth-order valence-electron chi connectivity index (χ4n) is 3.24. The van der Waals surface area contributed by atoms with E-state index in [0.717, 1.165) is 34.3 Å². The van der Waals surface area contributed by atoms with Crippen LogP contribution in [-0.4, -0.2) is 42.5 Å². The van der Waals surface area contributed by atoms with Gasteiger partial charge in [0.1, 0.15) is 22.4 Å². The highest BCUT2D eigenvalue weighted by Crippen LogP contribution is 2.26. The van der Waals surface area contributed by atoms with Gasteiger partial charge in [0.05, 0.1) is 32.4 Å². The molecule has 136 valence electrons. The molecule has 1 N–H and O–H groups in total. The molecule has 0 radical (unpaired) electrons. The van der Waals surface area contributed by atoms with Gasteiger partial charge in [0.15, 0.2) is 5.82 Å². The summed E-state index contributed by atoms with van der Waals surface area (Å²) in [6.45, 7) is 5.54. The first-order valence-electron chi connectivity index (χ1n) is 9.11. The van der Waals surface area contributed by atoms with Crippen molar-refractivity contribution in [2.24, 2.45) is 0 Å². The molecular weight excluding hydrogens is 344 g/mol. The van der Waals surface area contributed by atoms with Crippen molar-refractivity contribution >= 4 is 11.8 Å². The minimum atomic E-state index is 0.598. The maximum absolute atomic E-state index is 9.51. The molecule has 3 rings (SSSR count). The van der Waals surface area contributed by atoms with Crippen LogP contribution in [0, 0.1) is 18.3 Å². The van der Waals surface area contributed by atoms with Gasteiger partial charge in [-0.15, -0.1) is 0 Å². The number of methoxy groups -OCH3 is 1. The van der Waals surface area contributed by atoms with Gasteiger partial charge in [0.2, 0.25) is 0 Å². The van der Waals surface area contributed by atoms with Crippen LogP contribution in [0.25, 0.3) is 11.4 Å². The fourth-order valence-corrected chi connectivity index (χ4v) is 4.32. The number of likely N-dealkylation sites (tertiary alicyclic amines) is 1. The van der Waals surface area contributed by atoms with E-state index in [1.165, 1.54) is 32.4 Å². The third-order valence-electron chi connectivity index (χ3n) is 4.77. The van der Waals surface area contributed by atoms with Crippen LogP contribution in [0.15, 0.2) is 29.3 Å². The van der Waals surface area contributed by atoms with Crippen molar-refractivity contribution in [3.8, 4) is 23.2 Å². The number of nitrogens with one attached hydrogen (secondary N) is 1. The Kier molecular flexibility index (Phi) is 6.48. The van der Waals surface area contributed by atoms with Gasteiger partial charge in [-0.1, -0.05) is 11.8 Å². The van der Waals surface area contributed by atoms with Gasteiger partial charge in [0, 0.05) is 11.3 Å². The summed E-state index contributed by atoms with van der Waals surface area (Å²) in [7, 11) is 1.65. The van der Waals surface area contributed by atoms with Crippen LogP contribution < -0.4 is 9.64 Å². The Morgan fingerprint density at radius 1 is 1.15 bits per heavy atom. The number of hydrogen-bond donors (Lipinski definition) is 1. The molecule has 26 heavy (non-hydrogen) atoms. The molecule has 0 spiro atoms. The molecule has 1 saturated heterocycles. The molecule has 0 saturated carbocycles. The Morgan fingerprint density at radius 3 is 2.54 bits per heavy atom. The molecule has 0 bridgehead atoms. The van der Waals surface area contributed by atoms with Crippen molar-refractivity contribution in [1.82, 2.24) is 9.97 Å². The van der Waals surface area contributed by atoms with Crippen molar-refractivity contribution in [1.29, 1.82) is 5.26 Å². The molecule has 0 atom stereocenters. The summed E-state index contributed by atoms with van der Waals surface area (Å²) in [5, 5.41) is 10.3.